The smallest absolute Gasteiger partial charge is 0.282 e. The molecule has 2 aromatic heterocycles. The van der Waals surface area contributed by atoms with Crippen molar-refractivity contribution >= 4 is 36.5 Å². The van der Waals surface area contributed by atoms with Gasteiger partial charge in [-0.2, -0.15) is 0 Å². The summed E-state index contributed by atoms with van der Waals surface area (Å²) in [6.45, 7) is 2.36. The molecule has 0 bridgehead atoms. The molecular weight excluding hydrogens is 504 g/mol. The molecule has 3 heterocycles. The lowest BCUT2D eigenvalue weighted by Crippen LogP contribution is -2.34. The van der Waals surface area contributed by atoms with Gasteiger partial charge in [0.25, 0.3) is 6.43 Å². The Morgan fingerprint density at radius 2 is 1.91 bits per heavy atom. The van der Waals surface area contributed by atoms with Gasteiger partial charge in [0.05, 0.1) is 21.2 Å². The molecule has 14 heteroatoms. The second kappa shape index (κ2) is 8.17. The minimum absolute atomic E-state index is 0.0439. The third-order valence-corrected chi connectivity index (χ3v) is 9.67. The fourth-order valence-electron chi connectivity index (χ4n) is 4.13. The van der Waals surface area contributed by atoms with Crippen molar-refractivity contribution in [2.24, 2.45) is 0 Å². The minimum atomic E-state index is -3.94. The number of halogens is 2. The van der Waals surface area contributed by atoms with Crippen molar-refractivity contribution < 1.29 is 30.1 Å². The van der Waals surface area contributed by atoms with E-state index in [1.807, 2.05) is 6.92 Å². The molecule has 1 aliphatic heterocycles. The number of benzene rings is 1. The van der Waals surface area contributed by atoms with E-state index in [1.54, 1.807) is 4.90 Å². The molecule has 1 saturated heterocycles. The Labute approximate surface area is 200 Å². The highest BCUT2D eigenvalue weighted by molar-refractivity contribution is 7.91. The van der Waals surface area contributed by atoms with E-state index in [9.17, 15) is 25.6 Å². The molecule has 0 amide bonds. The van der Waals surface area contributed by atoms with Gasteiger partial charge >= 0.3 is 0 Å². The van der Waals surface area contributed by atoms with Crippen molar-refractivity contribution in [2.45, 2.75) is 48.3 Å². The highest BCUT2D eigenvalue weighted by Crippen LogP contribution is 2.40. The summed E-state index contributed by atoms with van der Waals surface area (Å²) in [7, 11) is -7.23. The summed E-state index contributed by atoms with van der Waals surface area (Å²) in [5, 5.41) is 11.1. The summed E-state index contributed by atoms with van der Waals surface area (Å²) < 4.78 is 84.7. The second-order valence-electron chi connectivity index (χ2n) is 9.35. The van der Waals surface area contributed by atoms with Gasteiger partial charge in [0.15, 0.2) is 15.4 Å². The SMILES string of the molecule is CC1(NS(=O)(=O)c2cc(N3CC[C@@H](S(C)(=O)=O)C3)c3onc(-c4ccc(C(F)F)nn4)c3c2)CC1. The van der Waals surface area contributed by atoms with Gasteiger partial charge in [-0.15, -0.1) is 10.2 Å². The van der Waals surface area contributed by atoms with Crippen LogP contribution in [0.4, 0.5) is 14.5 Å². The Balaban J connectivity index is 1.64. The van der Waals surface area contributed by atoms with Crippen LogP contribution in [0.2, 0.25) is 0 Å². The van der Waals surface area contributed by atoms with Gasteiger partial charge in [-0.1, -0.05) is 5.16 Å². The van der Waals surface area contributed by atoms with Crippen LogP contribution in [0.3, 0.4) is 0 Å². The van der Waals surface area contributed by atoms with Crippen molar-refractivity contribution in [3.63, 3.8) is 0 Å². The van der Waals surface area contributed by atoms with Crippen molar-refractivity contribution in [2.75, 3.05) is 24.2 Å². The van der Waals surface area contributed by atoms with Gasteiger partial charge in [0.2, 0.25) is 10.0 Å². The summed E-state index contributed by atoms with van der Waals surface area (Å²) in [6.07, 6.45) is 0.200. The number of alkyl halides is 2. The molecule has 1 N–H and O–H groups in total. The Hall–Kier alpha value is -2.71. The van der Waals surface area contributed by atoms with E-state index in [0.717, 1.165) is 6.07 Å². The average molecular weight is 528 g/mol. The fraction of sp³-hybridized carbons (Fsp3) is 0.476. The lowest BCUT2D eigenvalue weighted by Gasteiger charge is -2.20. The summed E-state index contributed by atoms with van der Waals surface area (Å²) >= 11 is 0. The number of sulfone groups is 1. The third-order valence-electron chi connectivity index (χ3n) is 6.46. The van der Waals surface area contributed by atoms with E-state index in [1.165, 1.54) is 24.5 Å². The van der Waals surface area contributed by atoms with E-state index in [-0.39, 0.29) is 28.4 Å². The van der Waals surface area contributed by atoms with Crippen LogP contribution in [-0.2, 0) is 19.9 Å². The van der Waals surface area contributed by atoms with E-state index >= 15 is 0 Å². The van der Waals surface area contributed by atoms with Crippen LogP contribution in [0.15, 0.2) is 33.7 Å². The first-order chi connectivity index (χ1) is 16.4. The quantitative estimate of drug-likeness (QED) is 0.492. The number of rotatable bonds is 7. The highest BCUT2D eigenvalue weighted by atomic mass is 32.2. The number of anilines is 1. The third kappa shape index (κ3) is 4.61. The fourth-order valence-corrected chi connectivity index (χ4v) is 6.62. The van der Waals surface area contributed by atoms with Gasteiger partial charge in [-0.05, 0) is 50.5 Å². The van der Waals surface area contributed by atoms with Crippen LogP contribution in [0, 0.1) is 0 Å². The minimum Gasteiger partial charge on any atom is -0.367 e. The predicted molar refractivity (Wildman–Crippen MR) is 123 cm³/mol. The van der Waals surface area contributed by atoms with E-state index < -0.39 is 42.8 Å². The molecule has 1 saturated carbocycles. The van der Waals surface area contributed by atoms with Crippen molar-refractivity contribution in [1.29, 1.82) is 0 Å². The predicted octanol–water partition coefficient (Wildman–Crippen LogP) is 2.68. The Bertz CT molecular complexity index is 1500. The summed E-state index contributed by atoms with van der Waals surface area (Å²) in [6, 6.07) is 5.26. The summed E-state index contributed by atoms with van der Waals surface area (Å²) in [4.78, 5) is 1.71. The van der Waals surface area contributed by atoms with E-state index in [2.05, 4.69) is 20.1 Å². The number of nitrogens with zero attached hydrogens (tertiary/aromatic N) is 4. The molecule has 0 radical (unpaired) electrons. The van der Waals surface area contributed by atoms with Crippen LogP contribution in [0.1, 0.15) is 38.3 Å². The van der Waals surface area contributed by atoms with Gasteiger partial charge in [-0.3, -0.25) is 0 Å². The van der Waals surface area contributed by atoms with Crippen LogP contribution in [-0.4, -0.2) is 62.3 Å². The molecule has 5 rings (SSSR count). The first-order valence-corrected chi connectivity index (χ1v) is 14.3. The van der Waals surface area contributed by atoms with Gasteiger partial charge in [0.1, 0.15) is 17.1 Å². The van der Waals surface area contributed by atoms with Crippen molar-refractivity contribution in [3.05, 3.63) is 30.0 Å². The normalized spacial score (nSPS) is 20.1. The molecule has 1 atom stereocenters. The van der Waals surface area contributed by atoms with Crippen molar-refractivity contribution in [1.82, 2.24) is 20.1 Å². The van der Waals surface area contributed by atoms with Crippen LogP contribution in [0.25, 0.3) is 22.4 Å². The lowest BCUT2D eigenvalue weighted by atomic mass is 10.1. The molecule has 10 nitrogen and oxygen atoms in total. The largest absolute Gasteiger partial charge is 0.367 e. The molecule has 0 spiro atoms. The topological polar surface area (TPSA) is 135 Å². The zero-order valence-corrected chi connectivity index (χ0v) is 20.5. The van der Waals surface area contributed by atoms with Crippen molar-refractivity contribution in [3.8, 4) is 11.4 Å². The van der Waals surface area contributed by atoms with E-state index in [4.69, 9.17) is 4.52 Å². The molecular formula is C21H23F2N5O5S2. The zero-order valence-electron chi connectivity index (χ0n) is 18.9. The molecule has 3 aromatic rings. The zero-order chi connectivity index (χ0) is 25.2. The standard InChI is InChI=1S/C21H23F2N5O5S2/c1-21(6-7-21)27-35(31,32)13-9-14-18(15-3-4-16(20(22)23)25-24-15)26-33-19(14)17(10-13)28-8-5-12(11-28)34(2,29)30/h3-4,9-10,12,20,27H,5-8,11H2,1-2H3/t12-/m1/s1. The van der Waals surface area contributed by atoms with Gasteiger partial charge in [-0.25, -0.2) is 30.3 Å². The van der Waals surface area contributed by atoms with Gasteiger partial charge < -0.3 is 9.42 Å². The number of fused-ring (bicyclic) bond motifs is 1. The first kappa shape index (κ1) is 24.0. The van der Waals surface area contributed by atoms with Crippen LogP contribution < -0.4 is 9.62 Å². The summed E-state index contributed by atoms with van der Waals surface area (Å²) in [5.74, 6) is 0. The maximum atomic E-state index is 13.2. The molecule has 1 aromatic carbocycles. The van der Waals surface area contributed by atoms with E-state index in [0.29, 0.717) is 36.9 Å². The Morgan fingerprint density at radius 1 is 1.17 bits per heavy atom. The first-order valence-electron chi connectivity index (χ1n) is 10.9. The lowest BCUT2D eigenvalue weighted by molar-refractivity contribution is 0.145. The summed E-state index contributed by atoms with van der Waals surface area (Å²) in [5.41, 5.74) is -0.126. The monoisotopic (exact) mass is 527 g/mol. The van der Waals surface area contributed by atoms with Crippen LogP contribution in [0.5, 0.6) is 0 Å². The molecule has 1 aliphatic carbocycles. The molecule has 0 unspecified atom stereocenters. The van der Waals surface area contributed by atoms with Gasteiger partial charge in [0, 0.05) is 24.9 Å². The molecule has 35 heavy (non-hydrogen) atoms. The maximum Gasteiger partial charge on any atom is 0.282 e. The molecule has 188 valence electrons. The Kier molecular flexibility index (Phi) is 5.60. The molecule has 2 aliphatic rings. The van der Waals surface area contributed by atoms with Crippen LogP contribution >= 0.6 is 0 Å². The number of sulfonamides is 1. The molecule has 2 fully saturated rings. The average Bonchev–Trinajstić information content (AvgIpc) is 3.19. The second-order valence-corrected chi connectivity index (χ2v) is 13.4. The number of nitrogens with one attached hydrogen (secondary N) is 1. The number of hydrogen-bond donors (Lipinski definition) is 1. The Morgan fingerprint density at radius 3 is 2.49 bits per heavy atom. The number of hydrogen-bond acceptors (Lipinski definition) is 9. The number of aromatic nitrogens is 3. The maximum absolute atomic E-state index is 13.2. The highest BCUT2D eigenvalue weighted by Gasteiger charge is 2.42.